The van der Waals surface area contributed by atoms with Gasteiger partial charge in [0.1, 0.15) is 6.10 Å². The molecule has 1 rings (SSSR count). The maximum Gasteiger partial charge on any atom is 0.333 e. The third-order valence-electron chi connectivity index (χ3n) is 4.31. The molecule has 0 saturated carbocycles. The van der Waals surface area contributed by atoms with Crippen LogP contribution in [0.5, 0.6) is 0 Å². The van der Waals surface area contributed by atoms with Crippen molar-refractivity contribution in [2.24, 2.45) is 0 Å². The van der Waals surface area contributed by atoms with Gasteiger partial charge in [0.2, 0.25) is 0 Å². The number of carbonyl (C=O) groups is 1. The van der Waals surface area contributed by atoms with Crippen molar-refractivity contribution in [2.45, 2.75) is 71.4 Å². The lowest BCUT2D eigenvalue weighted by Crippen LogP contribution is -2.23. The Balaban J connectivity index is 2.86. The van der Waals surface area contributed by atoms with Gasteiger partial charge in [-0.2, -0.15) is 0 Å². The van der Waals surface area contributed by atoms with Gasteiger partial charge in [0.15, 0.2) is 0 Å². The summed E-state index contributed by atoms with van der Waals surface area (Å²) in [7, 11) is 0. The van der Waals surface area contributed by atoms with Crippen molar-refractivity contribution in [3.63, 3.8) is 0 Å². The van der Waals surface area contributed by atoms with Crippen LogP contribution in [0, 0.1) is 0 Å². The molecule has 1 aliphatic heterocycles. The zero-order valence-corrected chi connectivity index (χ0v) is 15.6. The number of esters is 1. The molecular formula is C20H30O4. The monoisotopic (exact) mass is 334 g/mol. The standard InChI is InChI=1S/C20H30O4/c1-8-14(3)18(21)23-16(13-17-19(5,6)24-17)15(4)11-10-12-20(7,22)9-2/h8-12,16-17,22H,2,13H2,1,3-7H3/b12-10-,14-8+,15-11-/t16-,17+,20+/m0/s1. The first-order valence-electron chi connectivity index (χ1n) is 8.26. The van der Waals surface area contributed by atoms with Crippen LogP contribution in [-0.2, 0) is 14.3 Å². The highest BCUT2D eigenvalue weighted by Crippen LogP contribution is 2.39. The van der Waals surface area contributed by atoms with Crippen LogP contribution < -0.4 is 0 Å². The number of aliphatic hydroxyl groups is 1. The first kappa shape index (κ1) is 20.4. The maximum atomic E-state index is 12.1. The Morgan fingerprint density at radius 1 is 1.46 bits per heavy atom. The quantitative estimate of drug-likeness (QED) is 0.241. The van der Waals surface area contributed by atoms with E-state index in [2.05, 4.69) is 6.58 Å². The largest absolute Gasteiger partial charge is 0.454 e. The van der Waals surface area contributed by atoms with Crippen molar-refractivity contribution in [3.8, 4) is 0 Å². The molecular weight excluding hydrogens is 304 g/mol. The van der Waals surface area contributed by atoms with Crippen molar-refractivity contribution in [1.82, 2.24) is 0 Å². The van der Waals surface area contributed by atoms with Gasteiger partial charge in [-0.05, 0) is 53.2 Å². The van der Waals surface area contributed by atoms with Crippen molar-refractivity contribution in [1.29, 1.82) is 0 Å². The zero-order valence-electron chi connectivity index (χ0n) is 15.6. The van der Waals surface area contributed by atoms with Crippen LogP contribution in [0.4, 0.5) is 0 Å². The molecule has 0 bridgehead atoms. The average Bonchev–Trinajstić information content (AvgIpc) is 3.11. The van der Waals surface area contributed by atoms with Gasteiger partial charge in [-0.25, -0.2) is 4.79 Å². The molecule has 0 aromatic rings. The Kier molecular flexibility index (Phi) is 6.76. The summed E-state index contributed by atoms with van der Waals surface area (Å²) in [5.41, 5.74) is 0.248. The van der Waals surface area contributed by atoms with Crippen molar-refractivity contribution >= 4 is 5.97 Å². The number of epoxide rings is 1. The minimum atomic E-state index is -1.06. The van der Waals surface area contributed by atoms with Crippen molar-refractivity contribution < 1.29 is 19.4 Å². The van der Waals surface area contributed by atoms with E-state index >= 15 is 0 Å². The van der Waals surface area contributed by atoms with Crippen LogP contribution in [0.15, 0.2) is 48.1 Å². The van der Waals surface area contributed by atoms with E-state index in [0.29, 0.717) is 12.0 Å². The highest BCUT2D eigenvalue weighted by molar-refractivity contribution is 5.87. The van der Waals surface area contributed by atoms with Gasteiger partial charge in [0.05, 0.1) is 17.3 Å². The van der Waals surface area contributed by atoms with Crippen molar-refractivity contribution in [3.05, 3.63) is 48.1 Å². The number of hydrogen-bond donors (Lipinski definition) is 1. The lowest BCUT2D eigenvalue weighted by Gasteiger charge is -2.19. The van der Waals surface area contributed by atoms with Crippen LogP contribution in [0.2, 0.25) is 0 Å². The van der Waals surface area contributed by atoms with Crippen LogP contribution in [0.25, 0.3) is 0 Å². The molecule has 4 nitrogen and oxygen atoms in total. The molecule has 0 unspecified atom stereocenters. The van der Waals surface area contributed by atoms with E-state index in [4.69, 9.17) is 9.47 Å². The molecule has 1 heterocycles. The molecule has 3 atom stereocenters. The predicted molar refractivity (Wildman–Crippen MR) is 96.6 cm³/mol. The molecule has 0 spiro atoms. The summed E-state index contributed by atoms with van der Waals surface area (Å²) in [6.45, 7) is 14.7. The Hall–Kier alpha value is -1.65. The maximum absolute atomic E-state index is 12.1. The van der Waals surface area contributed by atoms with Gasteiger partial charge < -0.3 is 14.6 Å². The summed E-state index contributed by atoms with van der Waals surface area (Å²) in [4.78, 5) is 12.1. The van der Waals surface area contributed by atoms with E-state index in [-0.39, 0.29) is 23.8 Å². The summed E-state index contributed by atoms with van der Waals surface area (Å²) >= 11 is 0. The van der Waals surface area contributed by atoms with Crippen LogP contribution >= 0.6 is 0 Å². The van der Waals surface area contributed by atoms with Gasteiger partial charge in [-0.1, -0.05) is 30.9 Å². The fraction of sp³-hybridized carbons (Fsp3) is 0.550. The fourth-order valence-electron chi connectivity index (χ4n) is 2.10. The molecule has 0 amide bonds. The third kappa shape index (κ3) is 6.10. The summed E-state index contributed by atoms with van der Waals surface area (Å²) < 4.78 is 11.3. The molecule has 134 valence electrons. The minimum absolute atomic E-state index is 0.0739. The predicted octanol–water partition coefficient (Wildman–Crippen LogP) is 3.87. The van der Waals surface area contributed by atoms with Crippen LogP contribution in [-0.4, -0.2) is 34.5 Å². The second-order valence-electron chi connectivity index (χ2n) is 7.01. The second kappa shape index (κ2) is 7.95. The van der Waals surface area contributed by atoms with Gasteiger partial charge in [0, 0.05) is 12.0 Å². The second-order valence-corrected chi connectivity index (χ2v) is 7.01. The minimum Gasteiger partial charge on any atom is -0.454 e. The highest BCUT2D eigenvalue weighted by atomic mass is 16.6. The Labute approximate surface area is 145 Å². The molecule has 24 heavy (non-hydrogen) atoms. The molecule has 0 aromatic carbocycles. The molecule has 0 aromatic heterocycles. The number of ether oxygens (including phenoxy) is 2. The van der Waals surface area contributed by atoms with Gasteiger partial charge >= 0.3 is 5.97 Å². The highest BCUT2D eigenvalue weighted by Gasteiger charge is 2.49. The first-order chi connectivity index (χ1) is 11.0. The summed E-state index contributed by atoms with van der Waals surface area (Å²) in [5, 5.41) is 9.90. The lowest BCUT2D eigenvalue weighted by molar-refractivity contribution is -0.143. The van der Waals surface area contributed by atoms with E-state index in [1.807, 2.05) is 33.8 Å². The Bertz CT molecular complexity index is 564. The van der Waals surface area contributed by atoms with E-state index in [1.165, 1.54) is 6.08 Å². The third-order valence-corrected chi connectivity index (χ3v) is 4.31. The van der Waals surface area contributed by atoms with E-state index in [1.54, 1.807) is 32.1 Å². The average molecular weight is 334 g/mol. The van der Waals surface area contributed by atoms with Crippen LogP contribution in [0.3, 0.4) is 0 Å². The van der Waals surface area contributed by atoms with Gasteiger partial charge in [-0.3, -0.25) is 0 Å². The molecule has 0 aliphatic carbocycles. The smallest absolute Gasteiger partial charge is 0.333 e. The molecule has 1 aliphatic rings. The zero-order chi connectivity index (χ0) is 18.5. The Morgan fingerprint density at radius 2 is 2.04 bits per heavy atom. The fourth-order valence-corrected chi connectivity index (χ4v) is 2.10. The molecule has 1 N–H and O–H groups in total. The molecule has 0 radical (unpaired) electrons. The van der Waals surface area contributed by atoms with Gasteiger partial charge in [-0.15, -0.1) is 0 Å². The number of rotatable bonds is 8. The summed E-state index contributed by atoms with van der Waals surface area (Å²) in [5.74, 6) is -0.323. The van der Waals surface area contributed by atoms with E-state index < -0.39 is 5.60 Å². The lowest BCUT2D eigenvalue weighted by atomic mass is 9.99. The summed E-state index contributed by atoms with van der Waals surface area (Å²) in [6.07, 6.45) is 8.75. The van der Waals surface area contributed by atoms with Crippen LogP contribution in [0.1, 0.15) is 48.0 Å². The number of hydrogen-bond acceptors (Lipinski definition) is 4. The molecule has 1 saturated heterocycles. The van der Waals surface area contributed by atoms with Crippen molar-refractivity contribution in [2.75, 3.05) is 0 Å². The summed E-state index contributed by atoms with van der Waals surface area (Å²) in [6, 6.07) is 0. The van der Waals surface area contributed by atoms with E-state index in [9.17, 15) is 9.90 Å². The number of allylic oxidation sites excluding steroid dienone is 3. The van der Waals surface area contributed by atoms with E-state index in [0.717, 1.165) is 5.57 Å². The topological polar surface area (TPSA) is 59.1 Å². The Morgan fingerprint density at radius 3 is 2.50 bits per heavy atom. The number of carbonyl (C=O) groups excluding carboxylic acids is 1. The molecule has 1 fully saturated rings. The normalized spacial score (nSPS) is 24.4. The SMILES string of the molecule is C=C[C@@](C)(O)/C=C\C=C(\C)[C@H](C[C@H]1OC1(C)C)OC(=O)/C(C)=C/C. The van der Waals surface area contributed by atoms with Gasteiger partial charge in [0.25, 0.3) is 0 Å². The first-order valence-corrected chi connectivity index (χ1v) is 8.26. The molecule has 4 heteroatoms.